The van der Waals surface area contributed by atoms with Crippen molar-refractivity contribution in [2.24, 2.45) is 0 Å². The summed E-state index contributed by atoms with van der Waals surface area (Å²) >= 11 is 0. The van der Waals surface area contributed by atoms with Crippen molar-refractivity contribution in [2.75, 3.05) is 23.9 Å². The summed E-state index contributed by atoms with van der Waals surface area (Å²) in [6, 6.07) is 11.6. The molecule has 8 nitrogen and oxygen atoms in total. The summed E-state index contributed by atoms with van der Waals surface area (Å²) in [5, 5.41) is 5.39. The Kier molecular flexibility index (Phi) is 6.96. The zero-order chi connectivity index (χ0) is 22.4. The van der Waals surface area contributed by atoms with Crippen molar-refractivity contribution in [3.8, 4) is 0 Å². The van der Waals surface area contributed by atoms with Gasteiger partial charge < -0.3 is 20.3 Å². The number of benzene rings is 2. The summed E-state index contributed by atoms with van der Waals surface area (Å²) in [6.07, 6.45) is -0.402. The van der Waals surface area contributed by atoms with E-state index in [-0.39, 0.29) is 37.6 Å². The van der Waals surface area contributed by atoms with E-state index < -0.39 is 23.7 Å². The second kappa shape index (κ2) is 9.84. The largest absolute Gasteiger partial charge is 0.469 e. The number of ether oxygens (including phenoxy) is 1. The summed E-state index contributed by atoms with van der Waals surface area (Å²) < 4.78 is 17.9. The van der Waals surface area contributed by atoms with Crippen LogP contribution in [0, 0.1) is 5.82 Å². The zero-order valence-corrected chi connectivity index (χ0v) is 16.9. The molecule has 0 spiro atoms. The van der Waals surface area contributed by atoms with E-state index >= 15 is 0 Å². The average Bonchev–Trinajstić information content (AvgIpc) is 2.76. The lowest BCUT2D eigenvalue weighted by molar-refractivity contribution is -0.141. The number of rotatable bonds is 7. The van der Waals surface area contributed by atoms with Gasteiger partial charge in [-0.3, -0.25) is 19.2 Å². The number of amides is 3. The Balaban J connectivity index is 1.63. The van der Waals surface area contributed by atoms with Crippen LogP contribution in [0.5, 0.6) is 0 Å². The van der Waals surface area contributed by atoms with Gasteiger partial charge in [-0.25, -0.2) is 4.39 Å². The highest BCUT2D eigenvalue weighted by Crippen LogP contribution is 2.29. The van der Waals surface area contributed by atoms with Gasteiger partial charge >= 0.3 is 5.97 Å². The number of carbonyl (C=O) groups excluding carboxylic acids is 4. The monoisotopic (exact) mass is 427 g/mol. The first-order chi connectivity index (χ1) is 14.9. The third kappa shape index (κ3) is 5.65. The topological polar surface area (TPSA) is 105 Å². The maximum Gasteiger partial charge on any atom is 0.307 e. The highest BCUT2D eigenvalue weighted by Gasteiger charge is 2.27. The number of carbonyl (C=O) groups is 4. The summed E-state index contributed by atoms with van der Waals surface area (Å²) in [7, 11) is 1.23. The van der Waals surface area contributed by atoms with Crippen molar-refractivity contribution in [3.05, 3.63) is 59.9 Å². The van der Waals surface area contributed by atoms with Gasteiger partial charge in [-0.2, -0.15) is 0 Å². The molecule has 162 valence electrons. The lowest BCUT2D eigenvalue weighted by atomic mass is 10.0. The molecule has 2 N–H and O–H groups in total. The van der Waals surface area contributed by atoms with Gasteiger partial charge in [-0.05, 0) is 29.8 Å². The summed E-state index contributed by atoms with van der Waals surface area (Å²) in [6.45, 7) is -0.127. The Morgan fingerprint density at radius 3 is 2.55 bits per heavy atom. The van der Waals surface area contributed by atoms with Gasteiger partial charge in [-0.15, -0.1) is 0 Å². The van der Waals surface area contributed by atoms with Gasteiger partial charge in [-0.1, -0.05) is 24.3 Å². The Labute approximate surface area is 178 Å². The number of anilines is 2. The molecule has 0 aromatic heterocycles. The molecule has 1 heterocycles. The smallest absolute Gasteiger partial charge is 0.307 e. The normalized spacial score (nSPS) is 13.6. The van der Waals surface area contributed by atoms with Crippen LogP contribution in [0.25, 0.3) is 0 Å². The maximum absolute atomic E-state index is 13.2. The molecule has 1 unspecified atom stereocenters. The Hall–Kier alpha value is -3.75. The van der Waals surface area contributed by atoms with Crippen LogP contribution in [0.1, 0.15) is 30.9 Å². The standard InChI is InChI=1S/C22H22FN3O5/c1-31-22(30)12-17(14-6-8-15(23)9-7-14)25-19(27)10-11-21(29)26-13-20(28)24-16-4-2-3-5-18(16)26/h2-9,17H,10-13H2,1H3,(H,24,28)(H,25,27). The average molecular weight is 427 g/mol. The first-order valence-electron chi connectivity index (χ1n) is 9.68. The highest BCUT2D eigenvalue weighted by molar-refractivity contribution is 6.10. The van der Waals surface area contributed by atoms with Crippen LogP contribution in [0.3, 0.4) is 0 Å². The van der Waals surface area contributed by atoms with Crippen molar-refractivity contribution >= 4 is 35.1 Å². The molecule has 1 aliphatic rings. The fourth-order valence-corrected chi connectivity index (χ4v) is 3.27. The molecule has 0 saturated heterocycles. The molecule has 0 aliphatic carbocycles. The van der Waals surface area contributed by atoms with Gasteiger partial charge in [0, 0.05) is 12.8 Å². The number of fused-ring (bicyclic) bond motifs is 1. The molecule has 0 fully saturated rings. The number of hydrogen-bond acceptors (Lipinski definition) is 5. The number of esters is 1. The second-order valence-electron chi connectivity index (χ2n) is 7.00. The SMILES string of the molecule is COC(=O)CC(NC(=O)CCC(=O)N1CC(=O)Nc2ccccc21)c1ccc(F)cc1. The Bertz CT molecular complexity index is 993. The fraction of sp³-hybridized carbons (Fsp3) is 0.273. The van der Waals surface area contributed by atoms with E-state index in [1.165, 1.54) is 36.3 Å². The fourth-order valence-electron chi connectivity index (χ4n) is 3.27. The first-order valence-corrected chi connectivity index (χ1v) is 9.68. The third-order valence-electron chi connectivity index (χ3n) is 4.84. The predicted molar refractivity (Wildman–Crippen MR) is 111 cm³/mol. The van der Waals surface area contributed by atoms with E-state index in [4.69, 9.17) is 0 Å². The number of para-hydroxylation sites is 2. The minimum absolute atomic E-state index is 0.123. The summed E-state index contributed by atoms with van der Waals surface area (Å²) in [4.78, 5) is 50.1. The molecule has 31 heavy (non-hydrogen) atoms. The van der Waals surface area contributed by atoms with Crippen LogP contribution >= 0.6 is 0 Å². The van der Waals surface area contributed by atoms with E-state index in [0.717, 1.165) is 0 Å². The lowest BCUT2D eigenvalue weighted by Crippen LogP contribution is -2.42. The molecule has 1 aliphatic heterocycles. The molecule has 0 bridgehead atoms. The second-order valence-corrected chi connectivity index (χ2v) is 7.00. The van der Waals surface area contributed by atoms with Gasteiger partial charge in [0.15, 0.2) is 0 Å². The summed E-state index contributed by atoms with van der Waals surface area (Å²) in [5.41, 5.74) is 1.64. The molecule has 3 amide bonds. The van der Waals surface area contributed by atoms with Crippen molar-refractivity contribution in [3.63, 3.8) is 0 Å². The highest BCUT2D eigenvalue weighted by atomic mass is 19.1. The lowest BCUT2D eigenvalue weighted by Gasteiger charge is -2.29. The van der Waals surface area contributed by atoms with Crippen LogP contribution in [0.15, 0.2) is 48.5 Å². The number of hydrogen-bond donors (Lipinski definition) is 2. The van der Waals surface area contributed by atoms with E-state index in [2.05, 4.69) is 15.4 Å². The number of methoxy groups -OCH3 is 1. The van der Waals surface area contributed by atoms with Gasteiger partial charge in [0.1, 0.15) is 12.4 Å². The predicted octanol–water partition coefficient (Wildman–Crippen LogP) is 2.31. The molecule has 2 aromatic carbocycles. The maximum atomic E-state index is 13.2. The van der Waals surface area contributed by atoms with Crippen LogP contribution in [-0.4, -0.2) is 37.3 Å². The van der Waals surface area contributed by atoms with Gasteiger partial charge in [0.25, 0.3) is 0 Å². The van der Waals surface area contributed by atoms with Gasteiger partial charge in [0.2, 0.25) is 17.7 Å². The number of halogens is 1. The molecule has 0 saturated carbocycles. The molecule has 2 aromatic rings. The minimum atomic E-state index is -0.725. The van der Waals surface area contributed by atoms with E-state index in [0.29, 0.717) is 16.9 Å². The van der Waals surface area contributed by atoms with Crippen molar-refractivity contribution in [2.45, 2.75) is 25.3 Å². The van der Waals surface area contributed by atoms with Crippen molar-refractivity contribution < 1.29 is 28.3 Å². The quantitative estimate of drug-likeness (QED) is 0.660. The molecule has 0 radical (unpaired) electrons. The van der Waals surface area contributed by atoms with Crippen molar-refractivity contribution in [1.82, 2.24) is 5.32 Å². The van der Waals surface area contributed by atoms with Crippen LogP contribution < -0.4 is 15.5 Å². The number of nitrogens with one attached hydrogen (secondary N) is 2. The van der Waals surface area contributed by atoms with Crippen LogP contribution in [0.2, 0.25) is 0 Å². The zero-order valence-electron chi connectivity index (χ0n) is 16.9. The molecular formula is C22H22FN3O5. The minimum Gasteiger partial charge on any atom is -0.469 e. The Morgan fingerprint density at radius 1 is 1.13 bits per heavy atom. The van der Waals surface area contributed by atoms with Crippen molar-refractivity contribution in [1.29, 1.82) is 0 Å². The molecule has 1 atom stereocenters. The molecule has 3 rings (SSSR count). The molecule has 9 heteroatoms. The number of nitrogens with zero attached hydrogens (tertiary/aromatic N) is 1. The van der Waals surface area contributed by atoms with Gasteiger partial charge in [0.05, 0.1) is 30.9 Å². The first kappa shape index (κ1) is 21.9. The summed E-state index contributed by atoms with van der Waals surface area (Å²) in [5.74, 6) is -2.12. The van der Waals surface area contributed by atoms with E-state index in [1.807, 2.05) is 0 Å². The Morgan fingerprint density at radius 2 is 1.84 bits per heavy atom. The van der Waals surface area contributed by atoms with E-state index in [9.17, 15) is 23.6 Å². The third-order valence-corrected chi connectivity index (χ3v) is 4.84. The van der Waals surface area contributed by atoms with Crippen LogP contribution in [0.4, 0.5) is 15.8 Å². The van der Waals surface area contributed by atoms with E-state index in [1.54, 1.807) is 24.3 Å². The molecular weight excluding hydrogens is 405 g/mol. The van der Waals surface area contributed by atoms with Crippen LogP contribution in [-0.2, 0) is 23.9 Å².